The third-order valence-electron chi connectivity index (χ3n) is 3.57. The zero-order valence-electron chi connectivity index (χ0n) is 14.2. The second-order valence-corrected chi connectivity index (χ2v) is 7.92. The number of carbonyl (C=O) groups excluding carboxylic acids is 2. The molecule has 1 unspecified atom stereocenters. The van der Waals surface area contributed by atoms with E-state index in [0.717, 1.165) is 4.88 Å². The van der Waals surface area contributed by atoms with Crippen LogP contribution in [0.3, 0.4) is 0 Å². The van der Waals surface area contributed by atoms with Crippen molar-refractivity contribution in [2.45, 2.75) is 30.8 Å². The maximum absolute atomic E-state index is 12.5. The number of tetrazole rings is 1. The highest BCUT2D eigenvalue weighted by Crippen LogP contribution is 2.23. The fourth-order valence-electron chi connectivity index (χ4n) is 2.20. The number of hydrogen-bond acceptors (Lipinski definition) is 7. The minimum atomic E-state index is -0.399. The van der Waals surface area contributed by atoms with Gasteiger partial charge in [-0.3, -0.25) is 9.59 Å². The summed E-state index contributed by atoms with van der Waals surface area (Å²) in [7, 11) is 0. The third kappa shape index (κ3) is 4.55. The van der Waals surface area contributed by atoms with Gasteiger partial charge in [0.1, 0.15) is 0 Å². The number of rotatable bonds is 7. The lowest BCUT2D eigenvalue weighted by Crippen LogP contribution is -2.23. The summed E-state index contributed by atoms with van der Waals surface area (Å²) >= 11 is 2.92. The van der Waals surface area contributed by atoms with Crippen molar-refractivity contribution in [1.29, 1.82) is 0 Å². The lowest BCUT2D eigenvalue weighted by Gasteiger charge is -2.12. The highest BCUT2D eigenvalue weighted by molar-refractivity contribution is 8.00. The van der Waals surface area contributed by atoms with Crippen LogP contribution in [0.2, 0.25) is 0 Å². The second-order valence-electron chi connectivity index (χ2n) is 5.58. The molecule has 9 heteroatoms. The first-order valence-electron chi connectivity index (χ1n) is 7.90. The summed E-state index contributed by atoms with van der Waals surface area (Å²) in [4.78, 5) is 25.0. The monoisotopic (exact) mass is 387 g/mol. The van der Waals surface area contributed by atoms with E-state index >= 15 is 0 Å². The van der Waals surface area contributed by atoms with E-state index in [0.29, 0.717) is 23.0 Å². The molecule has 7 nitrogen and oxygen atoms in total. The minimum Gasteiger partial charge on any atom is -0.325 e. The molecule has 2 heterocycles. The summed E-state index contributed by atoms with van der Waals surface area (Å²) in [5, 5.41) is 16.7. The topological polar surface area (TPSA) is 89.8 Å². The van der Waals surface area contributed by atoms with Gasteiger partial charge < -0.3 is 5.32 Å². The number of Topliss-reactive ketones (excluding diaryl/α,β-unsaturated/α-hetero) is 1. The van der Waals surface area contributed by atoms with Gasteiger partial charge in [-0.15, -0.1) is 16.4 Å². The zero-order chi connectivity index (χ0) is 18.5. The van der Waals surface area contributed by atoms with E-state index in [2.05, 4.69) is 20.8 Å². The molecule has 0 radical (unpaired) electrons. The van der Waals surface area contributed by atoms with Crippen molar-refractivity contribution < 1.29 is 9.59 Å². The molecule has 3 aromatic rings. The molecule has 0 aliphatic heterocycles. The van der Waals surface area contributed by atoms with Crippen molar-refractivity contribution in [1.82, 2.24) is 20.2 Å². The Morgan fingerprint density at radius 1 is 1.31 bits per heavy atom. The maximum Gasteiger partial charge on any atom is 0.237 e. The van der Waals surface area contributed by atoms with Crippen LogP contribution in [0.1, 0.15) is 29.1 Å². The molecule has 1 aromatic carbocycles. The van der Waals surface area contributed by atoms with Gasteiger partial charge in [-0.05, 0) is 47.9 Å². The van der Waals surface area contributed by atoms with Crippen molar-refractivity contribution in [3.63, 3.8) is 0 Å². The van der Waals surface area contributed by atoms with Crippen molar-refractivity contribution >= 4 is 40.5 Å². The number of nitrogens with one attached hydrogen (secondary N) is 1. The van der Waals surface area contributed by atoms with Gasteiger partial charge in [-0.1, -0.05) is 30.0 Å². The number of amides is 1. The third-order valence-corrected chi connectivity index (χ3v) is 5.50. The van der Waals surface area contributed by atoms with Gasteiger partial charge in [-0.2, -0.15) is 0 Å². The summed E-state index contributed by atoms with van der Waals surface area (Å²) < 4.78 is 1.68. The lowest BCUT2D eigenvalue weighted by atomic mass is 10.1. The minimum absolute atomic E-state index is 0.0451. The Bertz CT molecular complexity index is 908. The predicted molar refractivity (Wildman–Crippen MR) is 102 cm³/mol. The molecule has 134 valence electrons. The molecular weight excluding hydrogens is 370 g/mol. The SMILES string of the molecule is CC(=O)c1cccc(NC(=O)C(C)Sc2nnnn2Cc2cccs2)c1. The summed E-state index contributed by atoms with van der Waals surface area (Å²) in [6.45, 7) is 3.85. The van der Waals surface area contributed by atoms with Gasteiger partial charge in [0.15, 0.2) is 5.78 Å². The van der Waals surface area contributed by atoms with Crippen molar-refractivity contribution in [3.8, 4) is 0 Å². The molecule has 1 atom stereocenters. The van der Waals surface area contributed by atoms with Crippen LogP contribution in [-0.2, 0) is 11.3 Å². The van der Waals surface area contributed by atoms with Crippen LogP contribution in [0.4, 0.5) is 5.69 Å². The van der Waals surface area contributed by atoms with E-state index in [1.807, 2.05) is 17.5 Å². The number of thiophene rings is 1. The van der Waals surface area contributed by atoms with E-state index in [4.69, 9.17) is 0 Å². The molecule has 0 bridgehead atoms. The molecule has 0 spiro atoms. The molecule has 0 saturated heterocycles. The average Bonchev–Trinajstić information content (AvgIpc) is 3.28. The fourth-order valence-corrected chi connectivity index (χ4v) is 3.68. The smallest absolute Gasteiger partial charge is 0.237 e. The molecule has 3 rings (SSSR count). The number of aromatic nitrogens is 4. The van der Waals surface area contributed by atoms with Crippen molar-refractivity contribution in [2.24, 2.45) is 0 Å². The van der Waals surface area contributed by atoms with E-state index in [1.54, 1.807) is 47.2 Å². The van der Waals surface area contributed by atoms with Crippen LogP contribution in [0.5, 0.6) is 0 Å². The van der Waals surface area contributed by atoms with Crippen LogP contribution < -0.4 is 5.32 Å². The Kier molecular flexibility index (Phi) is 5.79. The average molecular weight is 387 g/mol. The van der Waals surface area contributed by atoms with Gasteiger partial charge in [0, 0.05) is 16.1 Å². The largest absolute Gasteiger partial charge is 0.325 e. The standard InChI is InChI=1S/C17H17N5O2S2/c1-11(23)13-5-3-6-14(9-13)18-16(24)12(2)26-17-19-20-21-22(17)10-15-7-4-8-25-15/h3-9,12H,10H2,1-2H3,(H,18,24). The molecule has 0 aliphatic rings. The van der Waals surface area contributed by atoms with Crippen LogP contribution in [0.25, 0.3) is 0 Å². The van der Waals surface area contributed by atoms with Crippen molar-refractivity contribution in [3.05, 3.63) is 52.2 Å². The van der Waals surface area contributed by atoms with E-state index in [9.17, 15) is 9.59 Å². The zero-order valence-corrected chi connectivity index (χ0v) is 15.9. The number of nitrogens with zero attached hydrogens (tertiary/aromatic N) is 4. The molecule has 0 saturated carbocycles. The number of thioether (sulfide) groups is 1. The molecule has 0 fully saturated rings. The highest BCUT2D eigenvalue weighted by atomic mass is 32.2. The predicted octanol–water partition coefficient (Wildman–Crippen LogP) is 3.10. The highest BCUT2D eigenvalue weighted by Gasteiger charge is 2.19. The molecule has 1 N–H and O–H groups in total. The van der Waals surface area contributed by atoms with Gasteiger partial charge >= 0.3 is 0 Å². The van der Waals surface area contributed by atoms with E-state index in [-0.39, 0.29) is 11.7 Å². The van der Waals surface area contributed by atoms with E-state index < -0.39 is 5.25 Å². The first-order valence-corrected chi connectivity index (χ1v) is 9.66. The number of ketones is 1. The van der Waals surface area contributed by atoms with Crippen LogP contribution in [-0.4, -0.2) is 37.1 Å². The summed E-state index contributed by atoms with van der Waals surface area (Å²) in [6.07, 6.45) is 0. The first kappa shape index (κ1) is 18.3. The Hall–Kier alpha value is -2.52. The first-order chi connectivity index (χ1) is 12.5. The van der Waals surface area contributed by atoms with Gasteiger partial charge in [0.2, 0.25) is 11.1 Å². The number of anilines is 1. The Morgan fingerprint density at radius 3 is 2.88 bits per heavy atom. The number of carbonyl (C=O) groups is 2. The van der Waals surface area contributed by atoms with Gasteiger partial charge in [0.05, 0.1) is 11.8 Å². The Morgan fingerprint density at radius 2 is 2.15 bits per heavy atom. The Labute approximate surface area is 158 Å². The normalized spacial score (nSPS) is 11.9. The number of hydrogen-bond donors (Lipinski definition) is 1. The quantitative estimate of drug-likeness (QED) is 0.495. The molecule has 0 aliphatic carbocycles. The molecular formula is C17H17N5O2S2. The summed E-state index contributed by atoms with van der Waals surface area (Å²) in [5.74, 6) is -0.224. The summed E-state index contributed by atoms with van der Waals surface area (Å²) in [5.41, 5.74) is 1.15. The molecule has 2 aromatic heterocycles. The second kappa shape index (κ2) is 8.24. The van der Waals surface area contributed by atoms with Gasteiger partial charge in [0.25, 0.3) is 0 Å². The lowest BCUT2D eigenvalue weighted by molar-refractivity contribution is -0.115. The van der Waals surface area contributed by atoms with Crippen LogP contribution in [0.15, 0.2) is 46.9 Å². The van der Waals surface area contributed by atoms with Crippen LogP contribution >= 0.6 is 23.1 Å². The van der Waals surface area contributed by atoms with Crippen LogP contribution in [0, 0.1) is 0 Å². The fraction of sp³-hybridized carbons (Fsp3) is 0.235. The molecule has 26 heavy (non-hydrogen) atoms. The number of benzene rings is 1. The Balaban J connectivity index is 1.64. The van der Waals surface area contributed by atoms with E-state index in [1.165, 1.54) is 18.7 Å². The maximum atomic E-state index is 12.5. The molecule has 1 amide bonds. The summed E-state index contributed by atoms with van der Waals surface area (Å²) in [6, 6.07) is 10.9. The van der Waals surface area contributed by atoms with Gasteiger partial charge in [-0.25, -0.2) is 4.68 Å². The van der Waals surface area contributed by atoms with Crippen molar-refractivity contribution in [2.75, 3.05) is 5.32 Å².